The molecule has 0 amide bonds. The van der Waals surface area contributed by atoms with Gasteiger partial charge in [-0.05, 0) is 40.4 Å². The summed E-state index contributed by atoms with van der Waals surface area (Å²) in [6.07, 6.45) is 1.67. The topological polar surface area (TPSA) is 47.3 Å². The van der Waals surface area contributed by atoms with Crippen molar-refractivity contribution < 1.29 is 9.13 Å². The predicted molar refractivity (Wildman–Crippen MR) is 65.3 cm³/mol. The van der Waals surface area contributed by atoms with E-state index in [0.29, 0.717) is 11.1 Å². The molecule has 0 fully saturated rings. The van der Waals surface area contributed by atoms with Gasteiger partial charge in [-0.25, -0.2) is 4.39 Å². The third-order valence-electron chi connectivity index (χ3n) is 2.40. The molecule has 0 radical (unpaired) electrons. The van der Waals surface area contributed by atoms with Crippen molar-refractivity contribution in [3.8, 4) is 0 Å². The molecule has 0 aliphatic rings. The molecule has 0 saturated heterocycles. The average Bonchev–Trinajstić information content (AvgIpc) is 2.29. The van der Waals surface area contributed by atoms with E-state index in [-0.39, 0.29) is 11.9 Å². The number of hydrazine groups is 1. The van der Waals surface area contributed by atoms with Crippen LogP contribution in [0.15, 0.2) is 22.7 Å². The molecule has 1 aromatic carbocycles. The molecule has 0 aliphatic heterocycles. The average molecular weight is 291 g/mol. The van der Waals surface area contributed by atoms with Gasteiger partial charge in [0.25, 0.3) is 0 Å². The molecule has 1 aromatic rings. The Balaban J connectivity index is 2.74. The second-order valence-corrected chi connectivity index (χ2v) is 4.29. The number of benzene rings is 1. The van der Waals surface area contributed by atoms with Crippen molar-refractivity contribution >= 4 is 15.9 Å². The van der Waals surface area contributed by atoms with Gasteiger partial charge in [0.05, 0.1) is 4.47 Å². The van der Waals surface area contributed by atoms with Crippen molar-refractivity contribution in [3.63, 3.8) is 0 Å². The molecular weight excluding hydrogens is 275 g/mol. The zero-order chi connectivity index (χ0) is 12.0. The van der Waals surface area contributed by atoms with Crippen LogP contribution in [-0.4, -0.2) is 13.7 Å². The van der Waals surface area contributed by atoms with Gasteiger partial charge < -0.3 is 4.74 Å². The zero-order valence-corrected chi connectivity index (χ0v) is 10.8. The Morgan fingerprint density at radius 3 is 2.94 bits per heavy atom. The van der Waals surface area contributed by atoms with E-state index in [1.54, 1.807) is 13.2 Å². The summed E-state index contributed by atoms with van der Waals surface area (Å²) in [5.41, 5.74) is 3.53. The van der Waals surface area contributed by atoms with Crippen LogP contribution in [0.5, 0.6) is 0 Å². The van der Waals surface area contributed by atoms with Crippen LogP contribution in [-0.2, 0) is 4.74 Å². The molecule has 90 valence electrons. The first-order chi connectivity index (χ1) is 7.70. The fourth-order valence-electron chi connectivity index (χ4n) is 1.55. The number of ether oxygens (including phenoxy) is 1. The summed E-state index contributed by atoms with van der Waals surface area (Å²) < 4.78 is 18.8. The van der Waals surface area contributed by atoms with E-state index in [4.69, 9.17) is 10.6 Å². The smallest absolute Gasteiger partial charge is 0.137 e. The molecule has 1 unspecified atom stereocenters. The van der Waals surface area contributed by atoms with Crippen molar-refractivity contribution in [1.82, 2.24) is 5.43 Å². The van der Waals surface area contributed by atoms with E-state index < -0.39 is 0 Å². The van der Waals surface area contributed by atoms with Crippen LogP contribution in [0.2, 0.25) is 0 Å². The number of halogens is 2. The zero-order valence-electron chi connectivity index (χ0n) is 9.17. The predicted octanol–water partition coefficient (Wildman–Crippen LogP) is 2.52. The lowest BCUT2D eigenvalue weighted by Crippen LogP contribution is -2.28. The molecule has 3 nitrogen and oxygen atoms in total. The van der Waals surface area contributed by atoms with Gasteiger partial charge in [-0.3, -0.25) is 11.3 Å². The number of nitrogens with two attached hydrogens (primary N) is 1. The SMILES string of the molecule is COCCCC(NN)c1cccc(F)c1Br. The third kappa shape index (κ3) is 3.52. The summed E-state index contributed by atoms with van der Waals surface area (Å²) in [6.45, 7) is 0.672. The van der Waals surface area contributed by atoms with Gasteiger partial charge in [-0.2, -0.15) is 0 Å². The van der Waals surface area contributed by atoms with Gasteiger partial charge in [0.1, 0.15) is 5.82 Å². The fourth-order valence-corrected chi connectivity index (χ4v) is 2.09. The van der Waals surface area contributed by atoms with E-state index in [2.05, 4.69) is 21.4 Å². The highest BCUT2D eigenvalue weighted by Gasteiger charge is 2.14. The Morgan fingerprint density at radius 1 is 1.56 bits per heavy atom. The summed E-state index contributed by atoms with van der Waals surface area (Å²) in [7, 11) is 1.66. The third-order valence-corrected chi connectivity index (χ3v) is 3.24. The normalized spacial score (nSPS) is 12.8. The molecule has 1 rings (SSSR count). The molecule has 0 spiro atoms. The van der Waals surface area contributed by atoms with Gasteiger partial charge in [-0.15, -0.1) is 0 Å². The van der Waals surface area contributed by atoms with Gasteiger partial charge in [0, 0.05) is 19.8 Å². The van der Waals surface area contributed by atoms with Crippen molar-refractivity contribution in [2.45, 2.75) is 18.9 Å². The van der Waals surface area contributed by atoms with Crippen LogP contribution in [0.25, 0.3) is 0 Å². The van der Waals surface area contributed by atoms with Gasteiger partial charge in [0.15, 0.2) is 0 Å². The minimum atomic E-state index is -0.274. The van der Waals surface area contributed by atoms with Crippen LogP contribution in [0.3, 0.4) is 0 Å². The monoisotopic (exact) mass is 290 g/mol. The largest absolute Gasteiger partial charge is 0.385 e. The Bertz CT molecular complexity index is 336. The first kappa shape index (κ1) is 13.6. The summed E-state index contributed by atoms with van der Waals surface area (Å²) in [6, 6.07) is 4.87. The molecule has 1 atom stereocenters. The summed E-state index contributed by atoms with van der Waals surface area (Å²) in [4.78, 5) is 0. The lowest BCUT2D eigenvalue weighted by molar-refractivity contribution is 0.188. The van der Waals surface area contributed by atoms with Crippen molar-refractivity contribution in [2.24, 2.45) is 5.84 Å². The molecule has 0 saturated carbocycles. The van der Waals surface area contributed by atoms with Crippen LogP contribution in [0.4, 0.5) is 4.39 Å². The van der Waals surface area contributed by atoms with Crippen LogP contribution < -0.4 is 11.3 Å². The van der Waals surface area contributed by atoms with Gasteiger partial charge in [-0.1, -0.05) is 12.1 Å². The standard InChI is InChI=1S/C11H16BrFN2O/c1-16-7-3-6-10(15-14)8-4-2-5-9(13)11(8)12/h2,4-5,10,15H,3,6-7,14H2,1H3. The highest BCUT2D eigenvalue weighted by molar-refractivity contribution is 9.10. The van der Waals surface area contributed by atoms with E-state index in [0.717, 1.165) is 18.4 Å². The number of hydrogen-bond acceptors (Lipinski definition) is 3. The number of methoxy groups -OCH3 is 1. The lowest BCUT2D eigenvalue weighted by atomic mass is 10.0. The lowest BCUT2D eigenvalue weighted by Gasteiger charge is -2.17. The maximum atomic E-state index is 13.3. The Labute approximate surface area is 103 Å². The highest BCUT2D eigenvalue weighted by atomic mass is 79.9. The van der Waals surface area contributed by atoms with Crippen LogP contribution in [0.1, 0.15) is 24.4 Å². The Morgan fingerprint density at radius 2 is 2.31 bits per heavy atom. The Hall–Kier alpha value is -0.490. The minimum Gasteiger partial charge on any atom is -0.385 e. The molecule has 0 bridgehead atoms. The summed E-state index contributed by atoms with van der Waals surface area (Å²) in [5.74, 6) is 5.20. The Kier molecular flexibility index (Phi) is 5.90. The van der Waals surface area contributed by atoms with Gasteiger partial charge in [0.2, 0.25) is 0 Å². The second-order valence-electron chi connectivity index (χ2n) is 3.50. The maximum Gasteiger partial charge on any atom is 0.137 e. The second kappa shape index (κ2) is 6.96. The van der Waals surface area contributed by atoms with Crippen LogP contribution in [0, 0.1) is 5.82 Å². The van der Waals surface area contributed by atoms with Crippen LogP contribution >= 0.6 is 15.9 Å². The molecule has 0 aromatic heterocycles. The van der Waals surface area contributed by atoms with Crippen molar-refractivity contribution in [3.05, 3.63) is 34.1 Å². The van der Waals surface area contributed by atoms with Crippen molar-refractivity contribution in [2.75, 3.05) is 13.7 Å². The quantitative estimate of drug-likeness (QED) is 0.481. The molecule has 0 aliphatic carbocycles. The molecule has 5 heteroatoms. The number of nitrogens with one attached hydrogen (secondary N) is 1. The first-order valence-electron chi connectivity index (χ1n) is 5.09. The van der Waals surface area contributed by atoms with E-state index in [9.17, 15) is 4.39 Å². The van der Waals surface area contributed by atoms with Gasteiger partial charge >= 0.3 is 0 Å². The van der Waals surface area contributed by atoms with E-state index in [1.807, 2.05) is 6.07 Å². The summed E-state index contributed by atoms with van der Waals surface area (Å²) >= 11 is 3.23. The number of hydrogen-bond donors (Lipinski definition) is 2. The van der Waals surface area contributed by atoms with Crippen molar-refractivity contribution in [1.29, 1.82) is 0 Å². The highest BCUT2D eigenvalue weighted by Crippen LogP contribution is 2.28. The summed E-state index contributed by atoms with van der Waals surface area (Å²) in [5, 5.41) is 0. The molecule has 0 heterocycles. The molecule has 16 heavy (non-hydrogen) atoms. The minimum absolute atomic E-state index is 0.0692. The fraction of sp³-hybridized carbons (Fsp3) is 0.455. The maximum absolute atomic E-state index is 13.3. The first-order valence-corrected chi connectivity index (χ1v) is 5.89. The molecule has 3 N–H and O–H groups in total. The van der Waals surface area contributed by atoms with E-state index in [1.165, 1.54) is 6.07 Å². The van der Waals surface area contributed by atoms with E-state index >= 15 is 0 Å². The number of rotatable bonds is 6. The molecular formula is C11H16BrFN2O.